The highest BCUT2D eigenvalue weighted by atomic mass is 35.5. The van der Waals surface area contributed by atoms with E-state index in [1.54, 1.807) is 37.3 Å². The van der Waals surface area contributed by atoms with Gasteiger partial charge in [0.25, 0.3) is 11.8 Å². The van der Waals surface area contributed by atoms with E-state index in [0.717, 1.165) is 11.0 Å². The molecule has 0 bridgehead atoms. The molecule has 2 amide bonds. The van der Waals surface area contributed by atoms with Crippen molar-refractivity contribution in [3.05, 3.63) is 76.8 Å². The zero-order valence-electron chi connectivity index (χ0n) is 15.9. The second-order valence-electron chi connectivity index (χ2n) is 6.41. The Bertz CT molecular complexity index is 1130. The molecule has 0 spiro atoms. The summed E-state index contributed by atoms with van der Waals surface area (Å²) >= 11 is 6.13. The van der Waals surface area contributed by atoms with E-state index >= 15 is 0 Å². The van der Waals surface area contributed by atoms with Crippen LogP contribution in [0.5, 0.6) is 0 Å². The molecule has 1 unspecified atom stereocenters. The fourth-order valence-corrected chi connectivity index (χ4v) is 4.98. The number of hydrogen-bond donors (Lipinski definition) is 0. The van der Waals surface area contributed by atoms with Crippen molar-refractivity contribution in [2.75, 3.05) is 6.61 Å². The maximum absolute atomic E-state index is 13.2. The van der Waals surface area contributed by atoms with Crippen molar-refractivity contribution >= 4 is 39.2 Å². The molecule has 9 heteroatoms. The number of imide groups is 1. The van der Waals surface area contributed by atoms with Gasteiger partial charge in [-0.05, 0) is 30.7 Å². The Labute approximate surface area is 178 Å². The molecule has 7 nitrogen and oxygen atoms in total. The minimum Gasteiger partial charge on any atom is -0.463 e. The average Bonchev–Trinajstić information content (AvgIpc) is 2.95. The summed E-state index contributed by atoms with van der Waals surface area (Å²) in [5.74, 6) is -2.72. The topological polar surface area (TPSA) is 97.8 Å². The van der Waals surface area contributed by atoms with Gasteiger partial charge in [-0.1, -0.05) is 48.0 Å². The second-order valence-corrected chi connectivity index (χ2v) is 8.85. The SMILES string of the molecule is CCOC(=O)/C=C1/C(=O)N(Cc2ccccc2Cl)C(=O)C1S(=O)(=O)c1ccccc1. The van der Waals surface area contributed by atoms with Crippen LogP contribution in [0, 0.1) is 0 Å². The quantitative estimate of drug-likeness (QED) is 0.383. The fourth-order valence-electron chi connectivity index (χ4n) is 3.08. The van der Waals surface area contributed by atoms with Crippen LogP contribution in [0.3, 0.4) is 0 Å². The highest BCUT2D eigenvalue weighted by molar-refractivity contribution is 7.93. The Balaban J connectivity index is 2.08. The number of carbonyl (C=O) groups excluding carboxylic acids is 3. The lowest BCUT2D eigenvalue weighted by Crippen LogP contribution is -2.35. The molecule has 0 radical (unpaired) electrons. The number of ether oxygens (including phenoxy) is 1. The highest BCUT2D eigenvalue weighted by Gasteiger charge is 2.51. The molecule has 156 valence electrons. The summed E-state index contributed by atoms with van der Waals surface area (Å²) in [6.07, 6.45) is 0.779. The molecule has 1 saturated heterocycles. The van der Waals surface area contributed by atoms with Gasteiger partial charge < -0.3 is 4.74 Å². The number of nitrogens with zero attached hydrogens (tertiary/aromatic N) is 1. The predicted molar refractivity (Wildman–Crippen MR) is 109 cm³/mol. The number of esters is 1. The Kier molecular flexibility index (Phi) is 6.38. The summed E-state index contributed by atoms with van der Waals surface area (Å²) in [5, 5.41) is -1.53. The van der Waals surface area contributed by atoms with E-state index in [2.05, 4.69) is 0 Å². The van der Waals surface area contributed by atoms with Crippen molar-refractivity contribution in [3.63, 3.8) is 0 Å². The maximum atomic E-state index is 13.2. The Hall–Kier alpha value is -2.97. The number of likely N-dealkylation sites (tertiary alicyclic amines) is 1. The Morgan fingerprint density at radius 2 is 1.73 bits per heavy atom. The van der Waals surface area contributed by atoms with Gasteiger partial charge in [0.05, 0.1) is 23.6 Å². The molecule has 1 aliphatic heterocycles. The van der Waals surface area contributed by atoms with Crippen LogP contribution in [-0.4, -0.2) is 43.0 Å². The van der Waals surface area contributed by atoms with E-state index in [4.69, 9.17) is 16.3 Å². The zero-order chi connectivity index (χ0) is 21.9. The molecule has 2 aromatic rings. The van der Waals surface area contributed by atoms with Crippen LogP contribution in [0.25, 0.3) is 0 Å². The van der Waals surface area contributed by atoms with E-state index in [1.807, 2.05) is 0 Å². The predicted octanol–water partition coefficient (Wildman–Crippen LogP) is 2.54. The van der Waals surface area contributed by atoms with Gasteiger partial charge in [0, 0.05) is 11.1 Å². The molecule has 2 aromatic carbocycles. The summed E-state index contributed by atoms with van der Waals surface area (Å²) < 4.78 is 31.2. The first-order valence-corrected chi connectivity index (χ1v) is 11.0. The van der Waals surface area contributed by atoms with Crippen LogP contribution < -0.4 is 0 Å². The van der Waals surface area contributed by atoms with Gasteiger partial charge in [-0.2, -0.15) is 0 Å². The smallest absolute Gasteiger partial charge is 0.331 e. The molecule has 0 aliphatic carbocycles. The standard InChI is InChI=1S/C21H18ClNO6S/c1-2-29-18(24)12-16-19(30(27,28)15-9-4-3-5-10-15)21(26)23(20(16)25)13-14-8-6-7-11-17(14)22/h3-12,19H,2,13H2,1H3/b16-12+. The van der Waals surface area contributed by atoms with Gasteiger partial charge in [0.2, 0.25) is 0 Å². The van der Waals surface area contributed by atoms with Gasteiger partial charge >= 0.3 is 5.97 Å². The fraction of sp³-hybridized carbons (Fsp3) is 0.190. The van der Waals surface area contributed by atoms with E-state index in [0.29, 0.717) is 10.6 Å². The average molecular weight is 448 g/mol. The van der Waals surface area contributed by atoms with Crippen molar-refractivity contribution in [1.29, 1.82) is 0 Å². The molecule has 1 aliphatic rings. The minimum absolute atomic E-state index is 0.0319. The van der Waals surface area contributed by atoms with Crippen LogP contribution >= 0.6 is 11.6 Å². The summed E-state index contributed by atoms with van der Waals surface area (Å²) in [6.45, 7) is 1.38. The molecular formula is C21H18ClNO6S. The number of amides is 2. The summed E-state index contributed by atoms with van der Waals surface area (Å²) in [4.78, 5) is 38.7. The van der Waals surface area contributed by atoms with Crippen molar-refractivity contribution in [1.82, 2.24) is 4.90 Å². The van der Waals surface area contributed by atoms with E-state index in [-0.39, 0.29) is 18.0 Å². The summed E-state index contributed by atoms with van der Waals surface area (Å²) in [7, 11) is -4.29. The van der Waals surface area contributed by atoms with Crippen LogP contribution in [-0.2, 0) is 35.5 Å². The molecular weight excluding hydrogens is 430 g/mol. The molecule has 1 atom stereocenters. The third kappa shape index (κ3) is 4.15. The Morgan fingerprint density at radius 3 is 2.37 bits per heavy atom. The first kappa shape index (κ1) is 21.7. The number of carbonyl (C=O) groups is 3. The lowest BCUT2D eigenvalue weighted by Gasteiger charge is -2.15. The van der Waals surface area contributed by atoms with Crippen molar-refractivity contribution in [2.24, 2.45) is 0 Å². The van der Waals surface area contributed by atoms with Crippen LogP contribution in [0.4, 0.5) is 0 Å². The van der Waals surface area contributed by atoms with Crippen LogP contribution in [0.15, 0.2) is 71.1 Å². The zero-order valence-corrected chi connectivity index (χ0v) is 17.5. The Morgan fingerprint density at radius 1 is 1.10 bits per heavy atom. The number of benzene rings is 2. The van der Waals surface area contributed by atoms with Crippen molar-refractivity contribution < 1.29 is 27.5 Å². The van der Waals surface area contributed by atoms with Crippen molar-refractivity contribution in [3.8, 4) is 0 Å². The third-order valence-electron chi connectivity index (χ3n) is 4.49. The van der Waals surface area contributed by atoms with Gasteiger partial charge in [-0.3, -0.25) is 14.5 Å². The molecule has 1 fully saturated rings. The van der Waals surface area contributed by atoms with E-state index in [9.17, 15) is 22.8 Å². The molecule has 1 heterocycles. The lowest BCUT2D eigenvalue weighted by atomic mass is 10.2. The molecule has 0 N–H and O–H groups in total. The largest absolute Gasteiger partial charge is 0.463 e. The molecule has 0 saturated carbocycles. The molecule has 30 heavy (non-hydrogen) atoms. The van der Waals surface area contributed by atoms with Gasteiger partial charge in [-0.15, -0.1) is 0 Å². The lowest BCUT2D eigenvalue weighted by molar-refractivity contribution is -0.139. The summed E-state index contributed by atoms with van der Waals surface area (Å²) in [6, 6.07) is 13.9. The van der Waals surface area contributed by atoms with Gasteiger partial charge in [0.1, 0.15) is 0 Å². The first-order valence-electron chi connectivity index (χ1n) is 9.03. The molecule has 0 aromatic heterocycles. The van der Waals surface area contributed by atoms with E-state index < -0.39 is 38.4 Å². The van der Waals surface area contributed by atoms with Gasteiger partial charge in [0.15, 0.2) is 15.1 Å². The van der Waals surface area contributed by atoms with E-state index in [1.165, 1.54) is 24.3 Å². The van der Waals surface area contributed by atoms with Gasteiger partial charge in [-0.25, -0.2) is 13.2 Å². The van der Waals surface area contributed by atoms with Crippen molar-refractivity contribution in [2.45, 2.75) is 23.6 Å². The second kappa shape index (κ2) is 8.81. The molecule has 3 rings (SSSR count). The first-order chi connectivity index (χ1) is 14.3. The summed E-state index contributed by atoms with van der Waals surface area (Å²) in [5.41, 5.74) is 0.0171. The van der Waals surface area contributed by atoms with Crippen LogP contribution in [0.2, 0.25) is 5.02 Å². The monoisotopic (exact) mass is 447 g/mol. The number of hydrogen-bond acceptors (Lipinski definition) is 6. The maximum Gasteiger partial charge on any atom is 0.331 e. The number of rotatable bonds is 6. The number of halogens is 1. The third-order valence-corrected chi connectivity index (χ3v) is 6.87. The number of sulfone groups is 1. The normalized spacial score (nSPS) is 18.1. The highest BCUT2D eigenvalue weighted by Crippen LogP contribution is 2.32. The van der Waals surface area contributed by atoms with Crippen LogP contribution in [0.1, 0.15) is 12.5 Å². The minimum atomic E-state index is -4.29.